The molecule has 0 radical (unpaired) electrons. The van der Waals surface area contributed by atoms with Crippen LogP contribution in [0.25, 0.3) is 0 Å². The van der Waals surface area contributed by atoms with Crippen molar-refractivity contribution in [3.63, 3.8) is 0 Å². The molecule has 0 aromatic rings. The Morgan fingerprint density at radius 1 is 0.909 bits per heavy atom. The first kappa shape index (κ1) is 11.6. The summed E-state index contributed by atoms with van der Waals surface area (Å²) in [5.41, 5.74) is 0. The molecule has 0 heterocycles. The monoisotopic (exact) mass is 206 g/mol. The maximum Gasteiger partial charge on any atom is 0.158 e. The molecule has 0 fully saturated rings. The van der Waals surface area contributed by atoms with Gasteiger partial charge in [0.15, 0.2) is 9.84 Å². The summed E-state index contributed by atoms with van der Waals surface area (Å²) in [7, 11) is 2.44. The van der Waals surface area contributed by atoms with Crippen molar-refractivity contribution in [2.75, 3.05) is 0 Å². The molecule has 68 valence electrons. The molecule has 0 saturated carbocycles. The predicted octanol–water partition coefficient (Wildman–Crippen LogP) is -2.03. The third-order valence-corrected chi connectivity index (χ3v) is 8.32. The highest BCUT2D eigenvalue weighted by Gasteiger charge is 2.08. The molecule has 0 amide bonds. The lowest BCUT2D eigenvalue weighted by molar-refractivity contribution is 0.480. The molecule has 5 heteroatoms. The molecule has 0 aliphatic carbocycles. The topological polar surface area (TPSA) is 6.48 Å². The quantitative estimate of drug-likeness (QED) is 0.490. The third-order valence-electron chi connectivity index (χ3n) is 2.21. The minimum absolute atomic E-state index is 0.0448. The Labute approximate surface area is 79.3 Å². The summed E-state index contributed by atoms with van der Waals surface area (Å²) in [6, 6.07) is 1.56. The highest BCUT2D eigenvalue weighted by Crippen LogP contribution is 1.95. The summed E-state index contributed by atoms with van der Waals surface area (Å²) < 4.78 is 5.29. The van der Waals surface area contributed by atoms with Crippen molar-refractivity contribution in [3.8, 4) is 0 Å². The molecular weight excluding hydrogens is 184 g/mol. The van der Waals surface area contributed by atoms with E-state index in [2.05, 4.69) is 36.2 Å². The third kappa shape index (κ3) is 4.91. The second-order valence-electron chi connectivity index (χ2n) is 3.84. The van der Waals surface area contributed by atoms with Gasteiger partial charge >= 0.3 is 0 Å². The second-order valence-corrected chi connectivity index (χ2v) is 10.9. The van der Waals surface area contributed by atoms with Gasteiger partial charge in [-0.1, -0.05) is 27.7 Å². The zero-order valence-corrected chi connectivity index (χ0v) is 14.2. The molecule has 0 aromatic carbocycles. The van der Waals surface area contributed by atoms with E-state index in [0.29, 0.717) is 0 Å². The first-order valence-electron chi connectivity index (χ1n) is 4.35. The zero-order chi connectivity index (χ0) is 9.02. The van der Waals surface area contributed by atoms with Gasteiger partial charge in [0.05, 0.1) is 20.8 Å². The number of hydrogen-bond acceptors (Lipinski definition) is 2. The second kappa shape index (κ2) is 5.26. The SMILES string of the molecule is CC(C)N([SiH3])[SiH2]N([SiH3])C(C)C. The highest BCUT2D eigenvalue weighted by molar-refractivity contribution is 6.45. The van der Waals surface area contributed by atoms with E-state index >= 15 is 0 Å². The largest absolute Gasteiger partial charge is 0.344 e. The van der Waals surface area contributed by atoms with Crippen LogP contribution in [0.5, 0.6) is 0 Å². The van der Waals surface area contributed by atoms with Crippen molar-refractivity contribution in [2.24, 2.45) is 0 Å². The molecule has 0 unspecified atom stereocenters. The number of nitrogens with zero attached hydrogens (tertiary/aromatic N) is 2. The molecule has 0 saturated heterocycles. The van der Waals surface area contributed by atoms with Crippen LogP contribution in [0.1, 0.15) is 27.7 Å². The van der Waals surface area contributed by atoms with Gasteiger partial charge in [-0.15, -0.1) is 0 Å². The Hall–Kier alpha value is 0.571. The fourth-order valence-electron chi connectivity index (χ4n) is 0.678. The number of rotatable bonds is 4. The summed E-state index contributed by atoms with van der Waals surface area (Å²) in [6.45, 7) is 9.21. The summed E-state index contributed by atoms with van der Waals surface area (Å²) in [5.74, 6) is 0. The molecular formula is C6H22N2Si3. The van der Waals surface area contributed by atoms with Crippen LogP contribution in [0.3, 0.4) is 0 Å². The molecule has 0 bridgehead atoms. The van der Waals surface area contributed by atoms with E-state index in [1.165, 1.54) is 20.8 Å². The minimum atomic E-state index is -0.0448. The fraction of sp³-hybridized carbons (Fsp3) is 1.00. The van der Waals surface area contributed by atoms with Crippen LogP contribution < -0.4 is 0 Å². The highest BCUT2D eigenvalue weighted by atomic mass is 28.3. The predicted molar refractivity (Wildman–Crippen MR) is 62.4 cm³/mol. The normalized spacial score (nSPS) is 14.2. The molecule has 0 aliphatic rings. The first-order valence-corrected chi connectivity index (χ1v) is 7.41. The Morgan fingerprint density at radius 3 is 1.36 bits per heavy atom. The Balaban J connectivity index is 3.66. The van der Waals surface area contributed by atoms with Crippen LogP contribution in [-0.2, 0) is 0 Å². The molecule has 2 nitrogen and oxygen atoms in total. The van der Waals surface area contributed by atoms with Gasteiger partial charge in [0.2, 0.25) is 0 Å². The van der Waals surface area contributed by atoms with Gasteiger partial charge in [0, 0.05) is 0 Å². The van der Waals surface area contributed by atoms with Crippen LogP contribution in [0.2, 0.25) is 0 Å². The maximum absolute atomic E-state index is 2.65. The molecule has 0 aromatic heterocycles. The van der Waals surface area contributed by atoms with Gasteiger partial charge in [0.25, 0.3) is 0 Å². The van der Waals surface area contributed by atoms with Crippen molar-refractivity contribution < 1.29 is 0 Å². The standard InChI is InChI=1S/C6H22N2Si3/c1-5(2)7(9)11-8(10)6(3)4/h5-6H,11H2,1-4,9-10H3. The van der Waals surface area contributed by atoms with E-state index in [9.17, 15) is 0 Å². The van der Waals surface area contributed by atoms with Crippen molar-refractivity contribution in [3.05, 3.63) is 0 Å². The maximum atomic E-state index is 2.65. The number of hydrogen-bond donors (Lipinski definition) is 0. The molecule has 11 heavy (non-hydrogen) atoms. The molecule has 0 atom stereocenters. The minimum Gasteiger partial charge on any atom is -0.344 e. The lowest BCUT2D eigenvalue weighted by Gasteiger charge is -2.30. The van der Waals surface area contributed by atoms with E-state index < -0.39 is 0 Å². The molecule has 0 spiro atoms. The van der Waals surface area contributed by atoms with Crippen molar-refractivity contribution >= 4 is 30.7 Å². The van der Waals surface area contributed by atoms with Gasteiger partial charge in [-0.25, -0.2) is 0 Å². The first-order chi connectivity index (χ1) is 4.95. The average Bonchev–Trinajstić information content (AvgIpc) is 1.87. The molecule has 0 rings (SSSR count). The van der Waals surface area contributed by atoms with Crippen LogP contribution in [0, 0.1) is 0 Å². The van der Waals surface area contributed by atoms with Crippen LogP contribution in [0.15, 0.2) is 0 Å². The van der Waals surface area contributed by atoms with Crippen LogP contribution in [0.4, 0.5) is 0 Å². The van der Waals surface area contributed by atoms with Gasteiger partial charge in [-0.2, -0.15) is 0 Å². The van der Waals surface area contributed by atoms with Gasteiger partial charge in [-0.3, -0.25) is 0 Å². The van der Waals surface area contributed by atoms with E-state index in [0.717, 1.165) is 12.1 Å². The average molecular weight is 207 g/mol. The van der Waals surface area contributed by atoms with Gasteiger partial charge in [-0.05, 0) is 12.1 Å². The van der Waals surface area contributed by atoms with Crippen molar-refractivity contribution in [2.45, 2.75) is 39.8 Å². The summed E-state index contributed by atoms with van der Waals surface area (Å²) in [5, 5.41) is 0. The summed E-state index contributed by atoms with van der Waals surface area (Å²) in [4.78, 5) is 0. The Morgan fingerprint density at radius 2 is 1.18 bits per heavy atom. The van der Waals surface area contributed by atoms with E-state index in [1.807, 2.05) is 0 Å². The van der Waals surface area contributed by atoms with Gasteiger partial charge in [0.1, 0.15) is 0 Å². The fourth-order valence-corrected chi connectivity index (χ4v) is 6.41. The van der Waals surface area contributed by atoms with Crippen LogP contribution in [-0.4, -0.2) is 51.2 Å². The van der Waals surface area contributed by atoms with E-state index in [4.69, 9.17) is 0 Å². The van der Waals surface area contributed by atoms with Crippen molar-refractivity contribution in [1.29, 1.82) is 0 Å². The van der Waals surface area contributed by atoms with Crippen molar-refractivity contribution in [1.82, 2.24) is 8.46 Å². The van der Waals surface area contributed by atoms with Crippen LogP contribution >= 0.6 is 0 Å². The Bertz CT molecular complexity index is 96.0. The summed E-state index contributed by atoms with van der Waals surface area (Å²) in [6.07, 6.45) is 0. The lowest BCUT2D eigenvalue weighted by Crippen LogP contribution is -2.45. The Kier molecular flexibility index (Phi) is 5.53. The lowest BCUT2D eigenvalue weighted by atomic mass is 10.4. The summed E-state index contributed by atoms with van der Waals surface area (Å²) >= 11 is 0. The van der Waals surface area contributed by atoms with Gasteiger partial charge < -0.3 is 8.46 Å². The van der Waals surface area contributed by atoms with E-state index in [1.54, 1.807) is 0 Å². The molecule has 0 N–H and O–H groups in total. The molecule has 0 aliphatic heterocycles. The zero-order valence-electron chi connectivity index (χ0n) is 8.76. The smallest absolute Gasteiger partial charge is 0.158 e. The van der Waals surface area contributed by atoms with E-state index in [-0.39, 0.29) is 9.84 Å².